The van der Waals surface area contributed by atoms with Crippen molar-refractivity contribution in [3.63, 3.8) is 0 Å². The average Bonchev–Trinajstić information content (AvgIpc) is 3.03. The number of ether oxygens (including phenoxy) is 1. The van der Waals surface area contributed by atoms with Gasteiger partial charge in [-0.1, -0.05) is 59.2 Å². The Bertz CT molecular complexity index is 1020. The zero-order valence-corrected chi connectivity index (χ0v) is 18.5. The fourth-order valence-corrected chi connectivity index (χ4v) is 3.75. The molecule has 0 saturated heterocycles. The van der Waals surface area contributed by atoms with Crippen molar-refractivity contribution in [3.05, 3.63) is 63.4 Å². The Balaban J connectivity index is 1.58. The van der Waals surface area contributed by atoms with E-state index in [4.69, 9.17) is 27.9 Å². The third kappa shape index (κ3) is 5.23. The van der Waals surface area contributed by atoms with Crippen LogP contribution in [0, 0.1) is 13.8 Å². The Kier molecular flexibility index (Phi) is 7.05. The molecule has 6 nitrogen and oxygen atoms in total. The number of carbonyl (C=O) groups is 1. The van der Waals surface area contributed by atoms with Crippen LogP contribution in [0.2, 0.25) is 10.0 Å². The first-order valence-electron chi connectivity index (χ1n) is 8.80. The first-order valence-corrected chi connectivity index (χ1v) is 10.5. The van der Waals surface area contributed by atoms with Gasteiger partial charge in [0.1, 0.15) is 12.4 Å². The van der Waals surface area contributed by atoms with Gasteiger partial charge in [-0.2, -0.15) is 0 Å². The van der Waals surface area contributed by atoms with Crippen LogP contribution in [0.15, 0.2) is 41.6 Å². The smallest absolute Gasteiger partial charge is 0.234 e. The summed E-state index contributed by atoms with van der Waals surface area (Å²) in [6.07, 6.45) is 0. The first kappa shape index (κ1) is 21.5. The third-order valence-corrected chi connectivity index (χ3v) is 6.08. The number of halogens is 2. The van der Waals surface area contributed by atoms with E-state index in [1.807, 2.05) is 43.7 Å². The topological polar surface area (TPSA) is 69.0 Å². The van der Waals surface area contributed by atoms with Crippen molar-refractivity contribution in [2.24, 2.45) is 7.05 Å². The molecular weight excluding hydrogens is 431 g/mol. The van der Waals surface area contributed by atoms with E-state index in [-0.39, 0.29) is 11.7 Å². The highest BCUT2D eigenvalue weighted by Crippen LogP contribution is 2.30. The van der Waals surface area contributed by atoms with Crippen molar-refractivity contribution in [1.82, 2.24) is 14.8 Å². The van der Waals surface area contributed by atoms with Gasteiger partial charge in [-0.05, 0) is 37.1 Å². The number of aromatic nitrogens is 3. The van der Waals surface area contributed by atoms with Crippen LogP contribution < -0.4 is 10.1 Å². The molecule has 0 aliphatic rings. The molecule has 3 rings (SSSR count). The van der Waals surface area contributed by atoms with E-state index >= 15 is 0 Å². The molecule has 0 aliphatic carbocycles. The van der Waals surface area contributed by atoms with E-state index in [0.29, 0.717) is 33.3 Å². The van der Waals surface area contributed by atoms with Gasteiger partial charge in [0.2, 0.25) is 5.91 Å². The molecule has 152 valence electrons. The van der Waals surface area contributed by atoms with Gasteiger partial charge >= 0.3 is 0 Å². The summed E-state index contributed by atoms with van der Waals surface area (Å²) >= 11 is 13.3. The number of thioether (sulfide) groups is 1. The summed E-state index contributed by atoms with van der Waals surface area (Å²) in [5.74, 6) is 1.47. The number of hydrogen-bond acceptors (Lipinski definition) is 5. The van der Waals surface area contributed by atoms with Gasteiger partial charge < -0.3 is 14.6 Å². The van der Waals surface area contributed by atoms with Crippen LogP contribution >= 0.6 is 35.0 Å². The molecule has 0 unspecified atom stereocenters. The molecule has 3 aromatic rings. The van der Waals surface area contributed by atoms with Crippen LogP contribution in [-0.4, -0.2) is 26.4 Å². The molecular formula is C20H20Cl2N4O2S. The Morgan fingerprint density at radius 1 is 1.14 bits per heavy atom. The molecule has 1 amide bonds. The molecule has 0 aliphatic heterocycles. The van der Waals surface area contributed by atoms with Crippen LogP contribution in [0.3, 0.4) is 0 Å². The van der Waals surface area contributed by atoms with Gasteiger partial charge in [0, 0.05) is 7.05 Å². The van der Waals surface area contributed by atoms with Crippen LogP contribution in [0.5, 0.6) is 5.75 Å². The van der Waals surface area contributed by atoms with E-state index in [1.165, 1.54) is 11.8 Å². The van der Waals surface area contributed by atoms with Gasteiger partial charge in [0.25, 0.3) is 0 Å². The van der Waals surface area contributed by atoms with Crippen LogP contribution in [0.4, 0.5) is 5.69 Å². The fraction of sp³-hybridized carbons (Fsp3) is 0.250. The molecule has 0 radical (unpaired) electrons. The quantitative estimate of drug-likeness (QED) is 0.510. The van der Waals surface area contributed by atoms with Gasteiger partial charge in [-0.15, -0.1) is 10.2 Å². The minimum absolute atomic E-state index is 0.159. The molecule has 1 heterocycles. The lowest BCUT2D eigenvalue weighted by atomic mass is 10.1. The van der Waals surface area contributed by atoms with Crippen molar-refractivity contribution in [3.8, 4) is 5.75 Å². The number of para-hydroxylation sites is 1. The van der Waals surface area contributed by atoms with Gasteiger partial charge in [-0.25, -0.2) is 0 Å². The molecule has 1 aromatic heterocycles. The first-order chi connectivity index (χ1) is 13.9. The summed E-state index contributed by atoms with van der Waals surface area (Å²) in [5, 5.41) is 12.4. The van der Waals surface area contributed by atoms with Crippen LogP contribution in [-0.2, 0) is 18.4 Å². The van der Waals surface area contributed by atoms with E-state index in [0.717, 1.165) is 16.9 Å². The molecule has 2 aromatic carbocycles. The number of aryl methyl sites for hydroxylation is 2. The average molecular weight is 451 g/mol. The monoisotopic (exact) mass is 450 g/mol. The zero-order valence-electron chi connectivity index (χ0n) is 16.2. The summed E-state index contributed by atoms with van der Waals surface area (Å²) in [4.78, 5) is 12.2. The number of anilines is 1. The molecule has 0 bridgehead atoms. The lowest BCUT2D eigenvalue weighted by Crippen LogP contribution is -2.15. The van der Waals surface area contributed by atoms with E-state index in [2.05, 4.69) is 15.5 Å². The number of rotatable bonds is 7. The predicted molar refractivity (Wildman–Crippen MR) is 117 cm³/mol. The fourth-order valence-electron chi connectivity index (χ4n) is 2.68. The Hall–Kier alpha value is -2.22. The number of benzene rings is 2. The third-order valence-electron chi connectivity index (χ3n) is 4.24. The summed E-state index contributed by atoms with van der Waals surface area (Å²) in [6, 6.07) is 11.1. The minimum Gasteiger partial charge on any atom is -0.485 e. The number of amides is 1. The zero-order chi connectivity index (χ0) is 21.0. The lowest BCUT2D eigenvalue weighted by Gasteiger charge is -2.11. The SMILES string of the molecule is Cc1cccc(C)c1OCc1nnc(SCC(=O)Nc2cccc(Cl)c2Cl)n1C. The second-order valence-electron chi connectivity index (χ2n) is 6.41. The number of nitrogens with one attached hydrogen (secondary N) is 1. The Labute approximate surface area is 183 Å². The highest BCUT2D eigenvalue weighted by Gasteiger charge is 2.14. The van der Waals surface area contributed by atoms with Crippen molar-refractivity contribution >= 4 is 46.6 Å². The Morgan fingerprint density at radius 2 is 1.83 bits per heavy atom. The molecule has 0 spiro atoms. The van der Waals surface area contributed by atoms with Crippen LogP contribution in [0.1, 0.15) is 17.0 Å². The number of nitrogens with zero attached hydrogens (tertiary/aromatic N) is 3. The molecule has 0 atom stereocenters. The maximum absolute atomic E-state index is 12.2. The van der Waals surface area contributed by atoms with Crippen molar-refractivity contribution in [1.29, 1.82) is 0 Å². The van der Waals surface area contributed by atoms with Crippen molar-refractivity contribution in [2.45, 2.75) is 25.6 Å². The number of hydrogen-bond donors (Lipinski definition) is 1. The maximum Gasteiger partial charge on any atom is 0.234 e. The molecule has 29 heavy (non-hydrogen) atoms. The summed E-state index contributed by atoms with van der Waals surface area (Å²) in [7, 11) is 1.84. The molecule has 1 N–H and O–H groups in total. The van der Waals surface area contributed by atoms with Gasteiger partial charge in [0.15, 0.2) is 11.0 Å². The van der Waals surface area contributed by atoms with Gasteiger partial charge in [0.05, 0.1) is 21.5 Å². The second-order valence-corrected chi connectivity index (χ2v) is 8.13. The normalized spacial score (nSPS) is 10.8. The summed E-state index contributed by atoms with van der Waals surface area (Å²) < 4.78 is 7.76. The second kappa shape index (κ2) is 9.52. The standard InChI is InChI=1S/C20H20Cl2N4O2S/c1-12-6-4-7-13(2)19(12)28-10-16-24-25-20(26(16)3)29-11-17(27)23-15-9-5-8-14(21)18(15)22/h4-9H,10-11H2,1-3H3,(H,23,27). The molecule has 0 fully saturated rings. The van der Waals surface area contributed by atoms with Crippen molar-refractivity contribution < 1.29 is 9.53 Å². The van der Waals surface area contributed by atoms with Gasteiger partial charge in [-0.3, -0.25) is 4.79 Å². The summed E-state index contributed by atoms with van der Waals surface area (Å²) in [5.41, 5.74) is 2.61. The van der Waals surface area contributed by atoms with Crippen molar-refractivity contribution in [2.75, 3.05) is 11.1 Å². The van der Waals surface area contributed by atoms with E-state index in [9.17, 15) is 4.79 Å². The van der Waals surface area contributed by atoms with E-state index < -0.39 is 0 Å². The molecule has 0 saturated carbocycles. The highest BCUT2D eigenvalue weighted by molar-refractivity contribution is 7.99. The molecule has 9 heteroatoms. The minimum atomic E-state index is -0.212. The lowest BCUT2D eigenvalue weighted by molar-refractivity contribution is -0.113. The predicted octanol–water partition coefficient (Wildman–Crippen LogP) is 5.05. The number of carbonyl (C=O) groups excluding carboxylic acids is 1. The van der Waals surface area contributed by atoms with Crippen LogP contribution in [0.25, 0.3) is 0 Å². The van der Waals surface area contributed by atoms with E-state index in [1.54, 1.807) is 18.2 Å². The Morgan fingerprint density at radius 3 is 2.55 bits per heavy atom. The summed E-state index contributed by atoms with van der Waals surface area (Å²) in [6.45, 7) is 4.30. The maximum atomic E-state index is 12.2. The highest BCUT2D eigenvalue weighted by atomic mass is 35.5. The largest absolute Gasteiger partial charge is 0.485 e.